The first kappa shape index (κ1) is 14.4. The minimum absolute atomic E-state index is 0.164. The zero-order valence-corrected chi connectivity index (χ0v) is 11.4. The maximum absolute atomic E-state index is 11.8. The Morgan fingerprint density at radius 3 is 2.56 bits per heavy atom. The van der Waals surface area contributed by atoms with Crippen molar-refractivity contribution < 1.29 is 9.59 Å². The van der Waals surface area contributed by atoms with Crippen molar-refractivity contribution in [1.29, 1.82) is 0 Å². The summed E-state index contributed by atoms with van der Waals surface area (Å²) < 4.78 is 0. The Kier molecular flexibility index (Phi) is 5.08. The van der Waals surface area contributed by atoms with E-state index in [1.54, 1.807) is 0 Å². The van der Waals surface area contributed by atoms with Gasteiger partial charge in [0.05, 0.1) is 5.92 Å². The van der Waals surface area contributed by atoms with Crippen molar-refractivity contribution in [2.45, 2.75) is 40.0 Å². The van der Waals surface area contributed by atoms with E-state index in [4.69, 9.17) is 0 Å². The molecule has 0 aromatic rings. The van der Waals surface area contributed by atoms with E-state index in [-0.39, 0.29) is 17.7 Å². The van der Waals surface area contributed by atoms with Crippen LogP contribution in [0.2, 0.25) is 0 Å². The molecule has 1 aliphatic rings. The Bertz CT molecular complexity index is 430. The van der Waals surface area contributed by atoms with Gasteiger partial charge in [0, 0.05) is 6.42 Å². The van der Waals surface area contributed by atoms with E-state index in [2.05, 4.69) is 18.0 Å². The molecule has 0 radical (unpaired) electrons. The van der Waals surface area contributed by atoms with Gasteiger partial charge < -0.3 is 0 Å². The number of carbonyl (C=O) groups is 2. The van der Waals surface area contributed by atoms with Crippen LogP contribution in [0.15, 0.2) is 35.5 Å². The standard InChI is InChI=1S/C15H21NO2/c1-5-10(3)11(4)9-12(6-2)13-7-8-14(17)16-15(13)18/h5,9,13H,1,6-8H2,2-4H3,(H,16,17,18)/b11-10-,12-9+. The van der Waals surface area contributed by atoms with Crippen molar-refractivity contribution in [1.82, 2.24) is 5.32 Å². The highest BCUT2D eigenvalue weighted by Crippen LogP contribution is 2.25. The number of carbonyl (C=O) groups excluding carboxylic acids is 2. The lowest BCUT2D eigenvalue weighted by atomic mass is 9.87. The second-order valence-corrected chi connectivity index (χ2v) is 4.65. The Morgan fingerprint density at radius 2 is 2.06 bits per heavy atom. The number of piperidine rings is 1. The van der Waals surface area contributed by atoms with E-state index in [0.29, 0.717) is 12.8 Å². The topological polar surface area (TPSA) is 46.2 Å². The third kappa shape index (κ3) is 3.42. The number of rotatable bonds is 4. The molecule has 18 heavy (non-hydrogen) atoms. The molecule has 2 amide bonds. The summed E-state index contributed by atoms with van der Waals surface area (Å²) in [5.41, 5.74) is 3.30. The Balaban J connectivity index is 2.97. The SMILES string of the molecule is C=C/C(C)=C(C)\C=C(/CC)C1CCC(=O)NC1=O. The highest BCUT2D eigenvalue weighted by molar-refractivity contribution is 5.99. The largest absolute Gasteiger partial charge is 0.296 e. The molecule has 98 valence electrons. The van der Waals surface area contributed by atoms with Crippen LogP contribution in [0.1, 0.15) is 40.0 Å². The molecule has 0 aliphatic carbocycles. The van der Waals surface area contributed by atoms with Crippen LogP contribution < -0.4 is 5.32 Å². The molecular formula is C15H21NO2. The van der Waals surface area contributed by atoms with Crippen LogP contribution in [0.4, 0.5) is 0 Å². The van der Waals surface area contributed by atoms with Crippen molar-refractivity contribution in [3.05, 3.63) is 35.5 Å². The molecule has 1 aliphatic heterocycles. The van der Waals surface area contributed by atoms with E-state index in [1.807, 2.05) is 26.8 Å². The van der Waals surface area contributed by atoms with Crippen LogP contribution in [-0.2, 0) is 9.59 Å². The van der Waals surface area contributed by atoms with Gasteiger partial charge in [-0.1, -0.05) is 31.2 Å². The minimum atomic E-state index is -0.166. The molecule has 3 nitrogen and oxygen atoms in total. The van der Waals surface area contributed by atoms with E-state index < -0.39 is 0 Å². The molecule has 0 bridgehead atoms. The molecule has 1 heterocycles. The summed E-state index contributed by atoms with van der Waals surface area (Å²) in [6.07, 6.45) is 5.72. The van der Waals surface area contributed by atoms with Gasteiger partial charge in [0.25, 0.3) is 0 Å². The molecule has 1 saturated heterocycles. The number of hydrogen-bond donors (Lipinski definition) is 1. The first-order chi connectivity index (χ1) is 8.49. The predicted octanol–water partition coefficient (Wildman–Crippen LogP) is 2.90. The average molecular weight is 247 g/mol. The molecule has 0 aromatic heterocycles. The molecule has 1 unspecified atom stereocenters. The monoisotopic (exact) mass is 247 g/mol. The van der Waals surface area contributed by atoms with Gasteiger partial charge >= 0.3 is 0 Å². The molecule has 1 rings (SSSR count). The van der Waals surface area contributed by atoms with E-state index in [0.717, 1.165) is 23.1 Å². The van der Waals surface area contributed by atoms with Crippen LogP contribution in [0.25, 0.3) is 0 Å². The molecule has 1 atom stereocenters. The van der Waals surface area contributed by atoms with Gasteiger partial charge in [-0.05, 0) is 37.8 Å². The molecule has 3 heteroatoms. The second kappa shape index (κ2) is 6.34. The van der Waals surface area contributed by atoms with Gasteiger partial charge in [0.1, 0.15) is 0 Å². The van der Waals surface area contributed by atoms with E-state index >= 15 is 0 Å². The molecule has 1 N–H and O–H groups in total. The summed E-state index contributed by atoms with van der Waals surface area (Å²) in [5.74, 6) is -0.495. The molecule has 1 fully saturated rings. The predicted molar refractivity (Wildman–Crippen MR) is 72.8 cm³/mol. The lowest BCUT2D eigenvalue weighted by Gasteiger charge is -2.23. The summed E-state index contributed by atoms with van der Waals surface area (Å²) in [4.78, 5) is 22.9. The van der Waals surface area contributed by atoms with Gasteiger partial charge in [0.15, 0.2) is 0 Å². The third-order valence-corrected chi connectivity index (χ3v) is 3.43. The molecule has 0 aromatic carbocycles. The third-order valence-electron chi connectivity index (χ3n) is 3.43. The fourth-order valence-electron chi connectivity index (χ4n) is 2.05. The Hall–Kier alpha value is -1.64. The lowest BCUT2D eigenvalue weighted by Crippen LogP contribution is -2.41. The van der Waals surface area contributed by atoms with Crippen LogP contribution in [0, 0.1) is 5.92 Å². The summed E-state index contributed by atoms with van der Waals surface area (Å²) >= 11 is 0. The van der Waals surface area contributed by atoms with Crippen molar-refractivity contribution in [3.8, 4) is 0 Å². The van der Waals surface area contributed by atoms with Crippen LogP contribution in [0.3, 0.4) is 0 Å². The minimum Gasteiger partial charge on any atom is -0.296 e. The Morgan fingerprint density at radius 1 is 1.39 bits per heavy atom. The number of amides is 2. The van der Waals surface area contributed by atoms with Crippen molar-refractivity contribution >= 4 is 11.8 Å². The quantitative estimate of drug-likeness (QED) is 0.613. The number of imide groups is 1. The number of hydrogen-bond acceptors (Lipinski definition) is 2. The fourth-order valence-corrected chi connectivity index (χ4v) is 2.05. The highest BCUT2D eigenvalue weighted by Gasteiger charge is 2.28. The molecular weight excluding hydrogens is 226 g/mol. The highest BCUT2D eigenvalue weighted by atomic mass is 16.2. The average Bonchev–Trinajstić information content (AvgIpc) is 2.35. The zero-order valence-electron chi connectivity index (χ0n) is 11.4. The van der Waals surface area contributed by atoms with E-state index in [9.17, 15) is 9.59 Å². The number of allylic oxidation sites excluding steroid dienone is 4. The summed E-state index contributed by atoms with van der Waals surface area (Å²) in [7, 11) is 0. The van der Waals surface area contributed by atoms with Gasteiger partial charge in [-0.2, -0.15) is 0 Å². The van der Waals surface area contributed by atoms with Crippen LogP contribution in [-0.4, -0.2) is 11.8 Å². The van der Waals surface area contributed by atoms with Gasteiger partial charge in [-0.15, -0.1) is 0 Å². The second-order valence-electron chi connectivity index (χ2n) is 4.65. The molecule has 0 spiro atoms. The fraction of sp³-hybridized carbons (Fsp3) is 0.467. The summed E-state index contributed by atoms with van der Waals surface area (Å²) in [6, 6.07) is 0. The van der Waals surface area contributed by atoms with Crippen molar-refractivity contribution in [2.75, 3.05) is 0 Å². The van der Waals surface area contributed by atoms with Crippen LogP contribution >= 0.6 is 0 Å². The smallest absolute Gasteiger partial charge is 0.233 e. The van der Waals surface area contributed by atoms with Gasteiger partial charge in [0.2, 0.25) is 11.8 Å². The van der Waals surface area contributed by atoms with Crippen molar-refractivity contribution in [3.63, 3.8) is 0 Å². The first-order valence-electron chi connectivity index (χ1n) is 6.33. The zero-order chi connectivity index (χ0) is 13.7. The van der Waals surface area contributed by atoms with Gasteiger partial charge in [-0.3, -0.25) is 14.9 Å². The maximum atomic E-state index is 11.8. The summed E-state index contributed by atoms with van der Waals surface area (Å²) in [5, 5.41) is 2.41. The van der Waals surface area contributed by atoms with Gasteiger partial charge in [-0.25, -0.2) is 0 Å². The summed E-state index contributed by atoms with van der Waals surface area (Å²) in [6.45, 7) is 9.78. The normalized spacial score (nSPS) is 22.4. The van der Waals surface area contributed by atoms with Crippen molar-refractivity contribution in [2.24, 2.45) is 5.92 Å². The number of nitrogens with one attached hydrogen (secondary N) is 1. The van der Waals surface area contributed by atoms with Crippen LogP contribution in [0.5, 0.6) is 0 Å². The maximum Gasteiger partial charge on any atom is 0.233 e. The first-order valence-corrected chi connectivity index (χ1v) is 6.33. The molecule has 0 saturated carbocycles. The lowest BCUT2D eigenvalue weighted by molar-refractivity contribution is -0.135. The van der Waals surface area contributed by atoms with E-state index in [1.165, 1.54) is 0 Å². The Labute approximate surface area is 109 Å².